The summed E-state index contributed by atoms with van der Waals surface area (Å²) in [5, 5.41) is 2.22. The van der Waals surface area contributed by atoms with Gasteiger partial charge in [0.05, 0.1) is 12.6 Å². The fourth-order valence-electron chi connectivity index (χ4n) is 2.44. The summed E-state index contributed by atoms with van der Waals surface area (Å²) in [7, 11) is 1.99. The van der Waals surface area contributed by atoms with Gasteiger partial charge in [-0.3, -0.25) is 4.98 Å². The molecule has 0 amide bonds. The van der Waals surface area contributed by atoms with Gasteiger partial charge in [-0.05, 0) is 12.1 Å². The first-order chi connectivity index (χ1) is 9.81. The van der Waals surface area contributed by atoms with Gasteiger partial charge in [0.25, 0.3) is 0 Å². The maximum absolute atomic E-state index is 4.77. The number of imidazole rings is 1. The molecule has 0 aliphatic carbocycles. The zero-order valence-electron chi connectivity index (χ0n) is 11.4. The van der Waals surface area contributed by atoms with Gasteiger partial charge in [0.15, 0.2) is 0 Å². The van der Waals surface area contributed by atoms with E-state index in [2.05, 4.69) is 29.2 Å². The maximum atomic E-state index is 4.77. The molecule has 0 bridgehead atoms. The van der Waals surface area contributed by atoms with Crippen LogP contribution in [0.1, 0.15) is 0 Å². The summed E-state index contributed by atoms with van der Waals surface area (Å²) >= 11 is 0. The predicted molar refractivity (Wildman–Crippen MR) is 77.5 cm³/mol. The molecule has 5 heteroatoms. The second-order valence-electron chi connectivity index (χ2n) is 4.87. The zero-order chi connectivity index (χ0) is 13.5. The Labute approximate surface area is 163 Å². The van der Waals surface area contributed by atoms with Crippen LogP contribution < -0.4 is 4.57 Å². The van der Waals surface area contributed by atoms with E-state index in [0.717, 1.165) is 27.6 Å². The number of aryl methyl sites for hydroxylation is 1. The van der Waals surface area contributed by atoms with E-state index in [-0.39, 0.29) is 49.4 Å². The molecule has 3 heterocycles. The van der Waals surface area contributed by atoms with Crippen LogP contribution in [0.4, 0.5) is 0 Å². The minimum absolute atomic E-state index is 0. The normalized spacial score (nSPS) is 10.7. The molecule has 4 aromatic rings. The van der Waals surface area contributed by atoms with Gasteiger partial charge in [0.2, 0.25) is 12.1 Å². The Balaban J connectivity index is 0.00000132. The molecule has 0 fully saturated rings. The number of aromatic nitrogens is 4. The molecule has 0 aliphatic rings. The van der Waals surface area contributed by atoms with Crippen molar-refractivity contribution in [2.45, 2.75) is 0 Å². The summed E-state index contributed by atoms with van der Waals surface area (Å²) in [5.74, 6) is 0.899. The fourth-order valence-corrected chi connectivity index (χ4v) is 2.44. The number of rotatable bonds is 1. The van der Waals surface area contributed by atoms with Crippen LogP contribution in [0.15, 0.2) is 61.3 Å². The average Bonchev–Trinajstić information content (AvgIpc) is 2.93. The van der Waals surface area contributed by atoms with Gasteiger partial charge < -0.3 is 0 Å². The van der Waals surface area contributed by atoms with E-state index >= 15 is 0 Å². The number of pyridine rings is 2. The zero-order valence-corrected chi connectivity index (χ0v) is 13.9. The summed E-state index contributed by atoms with van der Waals surface area (Å²) in [6, 6.07) is 12.3. The molecule has 0 unspecified atom stereocenters. The SMILES string of the molecule is C[n+]1ccn(-c2ccc3ccc4cccnc4c3n2)c1.[Eu]. The monoisotopic (exact) mass is 414 g/mol. The quantitative estimate of drug-likeness (QED) is 0.355. The Morgan fingerprint density at radius 3 is 2.52 bits per heavy atom. The summed E-state index contributed by atoms with van der Waals surface area (Å²) in [6.45, 7) is 0. The molecule has 3 aromatic heterocycles. The molecule has 0 atom stereocenters. The minimum Gasteiger partial charge on any atom is -0.254 e. The number of hydrogen-bond donors (Lipinski definition) is 0. The molecule has 0 aliphatic heterocycles. The van der Waals surface area contributed by atoms with Gasteiger partial charge in [0, 0.05) is 72.4 Å². The number of benzene rings is 1. The topological polar surface area (TPSA) is 34.6 Å². The Kier molecular flexibility index (Phi) is 4.15. The van der Waals surface area contributed by atoms with Crippen LogP contribution in [-0.4, -0.2) is 14.5 Å². The van der Waals surface area contributed by atoms with Crippen molar-refractivity contribution in [1.82, 2.24) is 14.5 Å². The van der Waals surface area contributed by atoms with Gasteiger partial charge in [-0.15, -0.1) is 0 Å². The van der Waals surface area contributed by atoms with E-state index in [9.17, 15) is 0 Å². The standard InChI is InChI=1S/C16H13N4.Eu/c1-19-9-10-20(11-19)14-7-6-13-5-4-12-3-2-8-17-15(12)16(13)18-14;/h2-11H,1H3;/q+1;. The summed E-state index contributed by atoms with van der Waals surface area (Å²) in [4.78, 5) is 9.25. The first-order valence-electron chi connectivity index (χ1n) is 6.49. The van der Waals surface area contributed by atoms with Gasteiger partial charge in [-0.25, -0.2) is 9.55 Å². The van der Waals surface area contributed by atoms with Crippen molar-refractivity contribution in [3.05, 3.63) is 61.3 Å². The number of fused-ring (bicyclic) bond motifs is 3. The largest absolute Gasteiger partial charge is 0.254 e. The van der Waals surface area contributed by atoms with E-state index in [4.69, 9.17) is 4.98 Å². The minimum atomic E-state index is 0. The molecule has 4 nitrogen and oxygen atoms in total. The van der Waals surface area contributed by atoms with Crippen molar-refractivity contribution in [3.63, 3.8) is 0 Å². The third kappa shape index (κ3) is 2.66. The fraction of sp³-hybridized carbons (Fsp3) is 0.0625. The van der Waals surface area contributed by atoms with E-state index in [1.165, 1.54) is 0 Å². The predicted octanol–water partition coefficient (Wildman–Crippen LogP) is 2.40. The van der Waals surface area contributed by atoms with Crippen LogP contribution >= 0.6 is 0 Å². The molecule has 21 heavy (non-hydrogen) atoms. The second kappa shape index (κ2) is 5.91. The third-order valence-corrected chi connectivity index (χ3v) is 3.45. The van der Waals surface area contributed by atoms with Crippen LogP contribution in [0.2, 0.25) is 0 Å². The average molecular weight is 413 g/mol. The molecule has 0 saturated heterocycles. The molecule has 1 radical (unpaired) electrons. The van der Waals surface area contributed by atoms with Crippen molar-refractivity contribution in [1.29, 1.82) is 0 Å². The molecule has 103 valence electrons. The Hall–Kier alpha value is -1.17. The number of nitrogens with zero attached hydrogens (tertiary/aromatic N) is 4. The molecule has 0 spiro atoms. The number of hydrogen-bond acceptors (Lipinski definition) is 2. The van der Waals surface area contributed by atoms with Gasteiger partial charge in [-0.1, -0.05) is 18.2 Å². The molecule has 0 N–H and O–H groups in total. The first kappa shape index (κ1) is 14.8. The van der Waals surface area contributed by atoms with Gasteiger partial charge in [0.1, 0.15) is 17.9 Å². The van der Waals surface area contributed by atoms with Crippen LogP contribution in [-0.2, 0) is 7.05 Å². The second-order valence-corrected chi connectivity index (χ2v) is 4.87. The van der Waals surface area contributed by atoms with Crippen LogP contribution in [0.3, 0.4) is 0 Å². The molecule has 0 saturated carbocycles. The van der Waals surface area contributed by atoms with Crippen molar-refractivity contribution < 1.29 is 53.9 Å². The van der Waals surface area contributed by atoms with E-state index in [0.29, 0.717) is 0 Å². The summed E-state index contributed by atoms with van der Waals surface area (Å²) < 4.78 is 3.99. The van der Waals surface area contributed by atoms with Crippen LogP contribution in [0.5, 0.6) is 0 Å². The Bertz CT molecular complexity index is 930. The van der Waals surface area contributed by atoms with Crippen molar-refractivity contribution in [2.75, 3.05) is 0 Å². The maximum Gasteiger partial charge on any atom is 0.250 e. The van der Waals surface area contributed by atoms with E-state index in [1.807, 2.05) is 53.2 Å². The summed E-state index contributed by atoms with van der Waals surface area (Å²) in [6.07, 6.45) is 7.79. The van der Waals surface area contributed by atoms with Crippen molar-refractivity contribution in [3.8, 4) is 5.82 Å². The van der Waals surface area contributed by atoms with Crippen LogP contribution in [0.25, 0.3) is 27.6 Å². The van der Waals surface area contributed by atoms with Crippen molar-refractivity contribution >= 4 is 21.8 Å². The van der Waals surface area contributed by atoms with Crippen molar-refractivity contribution in [2.24, 2.45) is 7.05 Å². The summed E-state index contributed by atoms with van der Waals surface area (Å²) in [5.41, 5.74) is 1.89. The molecular formula is C16H13EuN4+. The molecule has 4 rings (SSSR count). The first-order valence-corrected chi connectivity index (χ1v) is 6.49. The van der Waals surface area contributed by atoms with Gasteiger partial charge in [-0.2, -0.15) is 4.57 Å². The van der Waals surface area contributed by atoms with E-state index < -0.39 is 0 Å². The van der Waals surface area contributed by atoms with Crippen LogP contribution in [0, 0.1) is 49.4 Å². The van der Waals surface area contributed by atoms with E-state index in [1.54, 1.807) is 0 Å². The molecule has 1 aromatic carbocycles. The third-order valence-electron chi connectivity index (χ3n) is 3.45. The Morgan fingerprint density at radius 1 is 1.00 bits per heavy atom. The smallest absolute Gasteiger partial charge is 0.250 e. The molecular weight excluding hydrogens is 400 g/mol. The Morgan fingerprint density at radius 2 is 1.76 bits per heavy atom. The van der Waals surface area contributed by atoms with Gasteiger partial charge >= 0.3 is 0 Å².